The van der Waals surface area contributed by atoms with Crippen molar-refractivity contribution in [1.82, 2.24) is 9.80 Å². The lowest BCUT2D eigenvalue weighted by atomic mass is 10.0. The van der Waals surface area contributed by atoms with Crippen LogP contribution in [0.15, 0.2) is 66.7 Å². The normalized spacial score (nSPS) is 19.6. The smallest absolute Gasteiger partial charge is 0.323 e. The second-order valence-electron chi connectivity index (χ2n) is 12.9. The largest absolute Gasteiger partial charge is 0.497 e. The number of ether oxygens (including phenoxy) is 4. The molecule has 49 heavy (non-hydrogen) atoms. The minimum absolute atomic E-state index is 0.0564. The van der Waals surface area contributed by atoms with Crippen LogP contribution in [-0.4, -0.2) is 92.7 Å². The molecule has 0 bridgehead atoms. The number of nitrogens with zero attached hydrogens (tertiary/aromatic N) is 2. The van der Waals surface area contributed by atoms with Crippen LogP contribution in [0, 0.1) is 5.92 Å². The highest BCUT2D eigenvalue weighted by Crippen LogP contribution is 2.29. The summed E-state index contributed by atoms with van der Waals surface area (Å²) in [6.07, 6.45) is 2.27. The number of anilines is 2. The van der Waals surface area contributed by atoms with Crippen LogP contribution in [-0.2, 0) is 11.3 Å². The fraction of sp³-hybridized carbons (Fsp3) is 0.474. The lowest BCUT2D eigenvalue weighted by molar-refractivity contribution is -0.0177. The van der Waals surface area contributed by atoms with Gasteiger partial charge in [0.05, 0.1) is 44.6 Å². The Balaban J connectivity index is 1.56. The van der Waals surface area contributed by atoms with E-state index >= 15 is 0 Å². The van der Waals surface area contributed by atoms with Crippen molar-refractivity contribution in [2.75, 3.05) is 58.2 Å². The molecule has 3 aromatic carbocycles. The number of nitrogens with one attached hydrogen (secondary N) is 2. The molecule has 0 saturated heterocycles. The van der Waals surface area contributed by atoms with E-state index in [1.165, 1.54) is 0 Å². The van der Waals surface area contributed by atoms with Crippen molar-refractivity contribution in [2.45, 2.75) is 64.8 Å². The molecule has 0 unspecified atom stereocenters. The van der Waals surface area contributed by atoms with Crippen LogP contribution in [0.25, 0.3) is 0 Å². The van der Waals surface area contributed by atoms with Crippen molar-refractivity contribution >= 4 is 23.3 Å². The highest BCUT2D eigenvalue weighted by atomic mass is 16.5. The molecule has 3 aromatic rings. The minimum Gasteiger partial charge on any atom is -0.497 e. The molecule has 0 spiro atoms. The fourth-order valence-electron chi connectivity index (χ4n) is 5.85. The first-order valence-electron chi connectivity index (χ1n) is 17.0. The molecule has 0 aromatic heterocycles. The van der Waals surface area contributed by atoms with E-state index in [0.29, 0.717) is 48.1 Å². The summed E-state index contributed by atoms with van der Waals surface area (Å²) in [6.45, 7) is 8.04. The van der Waals surface area contributed by atoms with Gasteiger partial charge < -0.3 is 39.6 Å². The van der Waals surface area contributed by atoms with E-state index in [0.717, 1.165) is 37.1 Å². The lowest BCUT2D eigenvalue weighted by Gasteiger charge is -2.36. The molecular formula is C38H52N4O7. The van der Waals surface area contributed by atoms with Gasteiger partial charge >= 0.3 is 6.03 Å². The number of rotatable bonds is 10. The van der Waals surface area contributed by atoms with Crippen molar-refractivity contribution in [3.05, 3.63) is 77.9 Å². The van der Waals surface area contributed by atoms with E-state index in [1.807, 2.05) is 26.0 Å². The third-order valence-corrected chi connectivity index (χ3v) is 8.76. The summed E-state index contributed by atoms with van der Waals surface area (Å²) in [7, 11) is 5.31. The number of amides is 3. The molecular weight excluding hydrogens is 624 g/mol. The van der Waals surface area contributed by atoms with Crippen molar-refractivity contribution in [3.63, 3.8) is 0 Å². The van der Waals surface area contributed by atoms with Gasteiger partial charge in [0.15, 0.2) is 0 Å². The van der Waals surface area contributed by atoms with Gasteiger partial charge in [-0.05, 0) is 100 Å². The van der Waals surface area contributed by atoms with Crippen LogP contribution in [0.2, 0.25) is 0 Å². The number of benzene rings is 3. The zero-order valence-corrected chi connectivity index (χ0v) is 29.6. The maximum absolute atomic E-state index is 14.4. The van der Waals surface area contributed by atoms with Gasteiger partial charge in [0.25, 0.3) is 5.91 Å². The third-order valence-electron chi connectivity index (χ3n) is 8.76. The zero-order chi connectivity index (χ0) is 35.3. The van der Waals surface area contributed by atoms with Gasteiger partial charge in [0.1, 0.15) is 17.2 Å². The first-order chi connectivity index (χ1) is 23.6. The van der Waals surface area contributed by atoms with Crippen molar-refractivity contribution < 1.29 is 33.6 Å². The SMILES string of the molecule is COc1ccc(CN(C)C[C@H]2OCCCC[C@@H](C)Oc3ccc(NC(=O)Nc4ccc(OC)cc4)cc3C(=O)N([C@@H](C)CO)C[C@H]2C)cc1. The summed E-state index contributed by atoms with van der Waals surface area (Å²) >= 11 is 0. The molecule has 11 nitrogen and oxygen atoms in total. The number of likely N-dealkylation sites (N-methyl/N-ethyl adjacent to an activating group) is 1. The molecule has 1 aliphatic heterocycles. The molecule has 0 radical (unpaired) electrons. The maximum Gasteiger partial charge on any atom is 0.323 e. The first-order valence-corrected chi connectivity index (χ1v) is 17.0. The monoisotopic (exact) mass is 676 g/mol. The van der Waals surface area contributed by atoms with Crippen LogP contribution in [0.5, 0.6) is 17.2 Å². The number of methoxy groups -OCH3 is 2. The first kappa shape index (κ1) is 37.5. The highest BCUT2D eigenvalue weighted by Gasteiger charge is 2.30. The maximum atomic E-state index is 14.4. The van der Waals surface area contributed by atoms with Gasteiger partial charge in [0.2, 0.25) is 0 Å². The highest BCUT2D eigenvalue weighted by molar-refractivity contribution is 6.02. The fourth-order valence-corrected chi connectivity index (χ4v) is 5.85. The number of carbonyl (C=O) groups is 2. The Labute approximate surface area is 290 Å². The molecule has 3 amide bonds. The average Bonchev–Trinajstić information content (AvgIpc) is 3.10. The predicted octanol–water partition coefficient (Wildman–Crippen LogP) is 6.28. The average molecular weight is 677 g/mol. The number of urea groups is 1. The molecule has 4 atom stereocenters. The molecule has 1 aliphatic rings. The van der Waals surface area contributed by atoms with E-state index in [9.17, 15) is 14.7 Å². The Morgan fingerprint density at radius 1 is 0.980 bits per heavy atom. The molecule has 0 aliphatic carbocycles. The molecule has 0 fully saturated rings. The number of hydrogen-bond donors (Lipinski definition) is 3. The van der Waals surface area contributed by atoms with Gasteiger partial charge in [-0.25, -0.2) is 4.79 Å². The second-order valence-corrected chi connectivity index (χ2v) is 12.9. The molecule has 1 heterocycles. The Morgan fingerprint density at radius 3 is 2.27 bits per heavy atom. The van der Waals surface area contributed by atoms with E-state index in [2.05, 4.69) is 41.6 Å². The van der Waals surface area contributed by atoms with E-state index < -0.39 is 12.1 Å². The Bertz CT molecular complexity index is 1480. The summed E-state index contributed by atoms with van der Waals surface area (Å²) in [4.78, 5) is 31.2. The number of hydrogen-bond acceptors (Lipinski definition) is 8. The molecule has 266 valence electrons. The van der Waals surface area contributed by atoms with Gasteiger partial charge in [-0.1, -0.05) is 19.1 Å². The Morgan fingerprint density at radius 2 is 1.61 bits per heavy atom. The van der Waals surface area contributed by atoms with Crippen LogP contribution in [0.4, 0.5) is 16.2 Å². The van der Waals surface area contributed by atoms with Crippen molar-refractivity contribution in [2.24, 2.45) is 5.92 Å². The summed E-state index contributed by atoms with van der Waals surface area (Å²) < 4.78 is 23.3. The van der Waals surface area contributed by atoms with Gasteiger partial charge in [-0.15, -0.1) is 0 Å². The van der Waals surface area contributed by atoms with E-state index in [-0.39, 0.29) is 30.6 Å². The second kappa shape index (κ2) is 18.4. The van der Waals surface area contributed by atoms with Crippen molar-refractivity contribution in [3.8, 4) is 17.2 Å². The lowest BCUT2D eigenvalue weighted by Crippen LogP contribution is -2.47. The van der Waals surface area contributed by atoms with Gasteiger partial charge in [0, 0.05) is 43.5 Å². The standard InChI is InChI=1S/C38H52N4O7/c1-26-22-42(27(2)25-43)37(44)34-21-31(40-38(45)39-30-12-17-33(47-6)18-13-30)14-19-35(34)49-28(3)9-7-8-20-48-36(26)24-41(4)23-29-10-15-32(46-5)16-11-29/h10-19,21,26-28,36,43H,7-9,20,22-25H2,1-6H3,(H2,39,40,45)/t26-,27+,28-,36-/m1/s1. The summed E-state index contributed by atoms with van der Waals surface area (Å²) in [5, 5.41) is 15.9. The van der Waals surface area contributed by atoms with Crippen LogP contribution >= 0.6 is 0 Å². The molecule has 11 heteroatoms. The number of fused-ring (bicyclic) bond motifs is 1. The number of aliphatic hydroxyl groups excluding tert-OH is 1. The van der Waals surface area contributed by atoms with E-state index in [1.54, 1.807) is 61.6 Å². The van der Waals surface area contributed by atoms with Crippen LogP contribution < -0.4 is 24.8 Å². The van der Waals surface area contributed by atoms with E-state index in [4.69, 9.17) is 18.9 Å². The Kier molecular flexibility index (Phi) is 14.1. The number of carbonyl (C=O) groups excluding carboxylic acids is 2. The molecule has 4 rings (SSSR count). The van der Waals surface area contributed by atoms with Gasteiger partial charge in [-0.2, -0.15) is 0 Å². The molecule has 3 N–H and O–H groups in total. The molecule has 0 saturated carbocycles. The zero-order valence-electron chi connectivity index (χ0n) is 29.6. The topological polar surface area (TPSA) is 122 Å². The third kappa shape index (κ3) is 11.1. The minimum atomic E-state index is -0.471. The Hall–Kier alpha value is -4.32. The predicted molar refractivity (Wildman–Crippen MR) is 192 cm³/mol. The number of aliphatic hydroxyl groups is 1. The van der Waals surface area contributed by atoms with Crippen LogP contribution in [0.3, 0.4) is 0 Å². The quantitative estimate of drug-likeness (QED) is 0.230. The summed E-state index contributed by atoms with van der Waals surface area (Å²) in [5.74, 6) is 1.58. The summed E-state index contributed by atoms with van der Waals surface area (Å²) in [5.41, 5.74) is 2.50. The summed E-state index contributed by atoms with van der Waals surface area (Å²) in [6, 6.07) is 19.2. The van der Waals surface area contributed by atoms with Gasteiger partial charge in [-0.3, -0.25) is 9.69 Å². The van der Waals surface area contributed by atoms with Crippen molar-refractivity contribution in [1.29, 1.82) is 0 Å². The van der Waals surface area contributed by atoms with Crippen LogP contribution in [0.1, 0.15) is 56.0 Å².